The summed E-state index contributed by atoms with van der Waals surface area (Å²) < 4.78 is 10.2. The number of carbonyl (C=O) groups is 1. The Bertz CT molecular complexity index is 479. The molecule has 0 spiro atoms. The lowest BCUT2D eigenvalue weighted by molar-refractivity contribution is -0.124. The lowest BCUT2D eigenvalue weighted by atomic mass is 10.2. The van der Waals surface area contributed by atoms with Gasteiger partial charge in [-0.1, -0.05) is 34.8 Å². The van der Waals surface area contributed by atoms with Crippen LogP contribution in [0.15, 0.2) is 12.1 Å². The fourth-order valence-corrected chi connectivity index (χ4v) is 2.17. The Kier molecular flexibility index (Phi) is 8.14. The summed E-state index contributed by atoms with van der Waals surface area (Å²) in [5.41, 5.74) is 0. The predicted molar refractivity (Wildman–Crippen MR) is 82.5 cm³/mol. The summed E-state index contributed by atoms with van der Waals surface area (Å²) in [5, 5.41) is 12.4. The number of ether oxygens (including phenoxy) is 2. The molecule has 0 bridgehead atoms. The van der Waals surface area contributed by atoms with E-state index in [2.05, 4.69) is 5.32 Å². The van der Waals surface area contributed by atoms with Gasteiger partial charge in [-0.3, -0.25) is 4.79 Å². The van der Waals surface area contributed by atoms with Gasteiger partial charge in [0.25, 0.3) is 5.91 Å². The van der Waals surface area contributed by atoms with Crippen molar-refractivity contribution in [3.8, 4) is 5.75 Å². The first kappa shape index (κ1) is 18.3. The molecule has 118 valence electrons. The Morgan fingerprint density at radius 3 is 2.57 bits per heavy atom. The Morgan fingerprint density at radius 1 is 1.29 bits per heavy atom. The number of aliphatic hydroxyl groups is 1. The summed E-state index contributed by atoms with van der Waals surface area (Å²) in [6.07, 6.45) is 0.396. The van der Waals surface area contributed by atoms with Crippen molar-refractivity contribution in [1.82, 2.24) is 5.32 Å². The van der Waals surface area contributed by atoms with Crippen molar-refractivity contribution in [2.24, 2.45) is 0 Å². The Hall–Kier alpha value is -0.720. The van der Waals surface area contributed by atoms with Gasteiger partial charge in [-0.25, -0.2) is 0 Å². The number of methoxy groups -OCH3 is 1. The van der Waals surface area contributed by atoms with Gasteiger partial charge in [-0.15, -0.1) is 0 Å². The van der Waals surface area contributed by atoms with E-state index in [4.69, 9.17) is 49.4 Å². The molecule has 0 aromatic heterocycles. The van der Waals surface area contributed by atoms with E-state index in [1.54, 1.807) is 0 Å². The SMILES string of the molecule is COCC(CCO)NC(=O)COc1cc(Cl)c(Cl)cc1Cl. The van der Waals surface area contributed by atoms with Crippen LogP contribution in [0.2, 0.25) is 15.1 Å². The third kappa shape index (κ3) is 6.28. The lowest BCUT2D eigenvalue weighted by Crippen LogP contribution is -2.41. The summed E-state index contributed by atoms with van der Waals surface area (Å²) in [6, 6.07) is 2.61. The van der Waals surface area contributed by atoms with Crippen LogP contribution < -0.4 is 10.1 Å². The van der Waals surface area contributed by atoms with Crippen LogP contribution in [0.4, 0.5) is 0 Å². The molecule has 1 rings (SSSR count). The summed E-state index contributed by atoms with van der Waals surface area (Å²) in [4.78, 5) is 11.8. The van der Waals surface area contributed by atoms with Gasteiger partial charge in [0.05, 0.1) is 27.7 Å². The second-order valence-corrected chi connectivity index (χ2v) is 5.44. The second-order valence-electron chi connectivity index (χ2n) is 4.22. The number of halogens is 3. The van der Waals surface area contributed by atoms with Crippen molar-refractivity contribution in [2.45, 2.75) is 12.5 Å². The fourth-order valence-electron chi connectivity index (χ4n) is 1.58. The molecule has 0 aliphatic heterocycles. The van der Waals surface area contributed by atoms with Crippen LogP contribution in [-0.4, -0.2) is 44.0 Å². The number of hydrogen-bond acceptors (Lipinski definition) is 4. The Morgan fingerprint density at radius 2 is 1.95 bits per heavy atom. The van der Waals surface area contributed by atoms with E-state index < -0.39 is 0 Å². The largest absolute Gasteiger partial charge is 0.482 e. The van der Waals surface area contributed by atoms with E-state index in [1.165, 1.54) is 19.2 Å². The first-order valence-corrected chi connectivity index (χ1v) is 7.27. The van der Waals surface area contributed by atoms with Gasteiger partial charge >= 0.3 is 0 Å². The normalized spacial score (nSPS) is 12.0. The molecule has 1 atom stereocenters. The summed E-state index contributed by atoms with van der Waals surface area (Å²) >= 11 is 17.6. The maximum absolute atomic E-state index is 11.8. The molecule has 0 radical (unpaired) electrons. The number of aliphatic hydroxyl groups excluding tert-OH is 1. The van der Waals surface area contributed by atoms with E-state index in [1.807, 2.05) is 0 Å². The van der Waals surface area contributed by atoms with Gasteiger partial charge in [0.15, 0.2) is 6.61 Å². The van der Waals surface area contributed by atoms with Crippen molar-refractivity contribution in [1.29, 1.82) is 0 Å². The highest BCUT2D eigenvalue weighted by atomic mass is 35.5. The molecule has 5 nitrogen and oxygen atoms in total. The van der Waals surface area contributed by atoms with Gasteiger partial charge in [-0.05, 0) is 12.5 Å². The molecule has 0 aliphatic rings. The van der Waals surface area contributed by atoms with Crippen molar-refractivity contribution in [3.63, 3.8) is 0 Å². The lowest BCUT2D eigenvalue weighted by Gasteiger charge is -2.17. The minimum absolute atomic E-state index is 0.0478. The number of benzene rings is 1. The third-order valence-corrected chi connectivity index (χ3v) is 3.56. The molecule has 1 aromatic carbocycles. The van der Waals surface area contributed by atoms with Crippen LogP contribution in [0.3, 0.4) is 0 Å². The Labute approximate surface area is 138 Å². The summed E-state index contributed by atoms with van der Waals surface area (Å²) in [6.45, 7) is 0.0247. The first-order valence-electron chi connectivity index (χ1n) is 6.14. The number of amides is 1. The number of rotatable bonds is 8. The van der Waals surface area contributed by atoms with Gasteiger partial charge in [-0.2, -0.15) is 0 Å². The zero-order chi connectivity index (χ0) is 15.8. The van der Waals surface area contributed by atoms with Crippen LogP contribution in [0.1, 0.15) is 6.42 Å². The van der Waals surface area contributed by atoms with Crippen LogP contribution in [0, 0.1) is 0 Å². The minimum atomic E-state index is -0.354. The molecule has 1 amide bonds. The maximum atomic E-state index is 11.8. The topological polar surface area (TPSA) is 67.8 Å². The van der Waals surface area contributed by atoms with Gasteiger partial charge in [0.1, 0.15) is 5.75 Å². The van der Waals surface area contributed by atoms with E-state index in [0.717, 1.165) is 0 Å². The van der Waals surface area contributed by atoms with Gasteiger partial charge < -0.3 is 19.9 Å². The van der Waals surface area contributed by atoms with E-state index in [0.29, 0.717) is 18.1 Å². The highest BCUT2D eigenvalue weighted by Gasteiger charge is 2.13. The molecule has 2 N–H and O–H groups in total. The average molecular weight is 357 g/mol. The molecule has 0 aliphatic carbocycles. The fraction of sp³-hybridized carbons (Fsp3) is 0.462. The molecular weight excluding hydrogens is 341 g/mol. The van der Waals surface area contributed by atoms with Crippen molar-refractivity contribution < 1.29 is 19.4 Å². The molecule has 21 heavy (non-hydrogen) atoms. The number of hydrogen-bond donors (Lipinski definition) is 2. The average Bonchev–Trinajstić information content (AvgIpc) is 2.42. The highest BCUT2D eigenvalue weighted by Crippen LogP contribution is 2.33. The first-order chi connectivity index (χ1) is 9.97. The monoisotopic (exact) mass is 355 g/mol. The van der Waals surface area contributed by atoms with Crippen molar-refractivity contribution in [3.05, 3.63) is 27.2 Å². The molecule has 0 fully saturated rings. The quantitative estimate of drug-likeness (QED) is 0.702. The minimum Gasteiger partial charge on any atom is -0.482 e. The predicted octanol–water partition coefficient (Wildman–Crippen LogP) is 2.54. The van der Waals surface area contributed by atoms with Crippen molar-refractivity contribution in [2.75, 3.05) is 26.9 Å². The van der Waals surface area contributed by atoms with E-state index in [-0.39, 0.29) is 41.0 Å². The molecule has 1 unspecified atom stereocenters. The standard InChI is InChI=1S/C13H16Cl3NO4/c1-20-6-8(2-3-18)17-13(19)7-21-12-5-10(15)9(14)4-11(12)16/h4-5,8,18H,2-3,6-7H2,1H3,(H,17,19). The zero-order valence-corrected chi connectivity index (χ0v) is 13.6. The van der Waals surface area contributed by atoms with Crippen LogP contribution >= 0.6 is 34.8 Å². The Balaban J connectivity index is 2.54. The third-order valence-electron chi connectivity index (χ3n) is 2.54. The zero-order valence-electron chi connectivity index (χ0n) is 11.4. The van der Waals surface area contributed by atoms with Crippen LogP contribution in [-0.2, 0) is 9.53 Å². The van der Waals surface area contributed by atoms with Crippen LogP contribution in [0.5, 0.6) is 5.75 Å². The molecule has 8 heteroatoms. The van der Waals surface area contributed by atoms with Gasteiger partial charge in [0.2, 0.25) is 0 Å². The second kappa shape index (κ2) is 9.33. The van der Waals surface area contributed by atoms with E-state index in [9.17, 15) is 4.79 Å². The molecule has 1 aromatic rings. The maximum Gasteiger partial charge on any atom is 0.258 e. The smallest absolute Gasteiger partial charge is 0.258 e. The number of carbonyl (C=O) groups excluding carboxylic acids is 1. The summed E-state index contributed by atoms with van der Waals surface area (Å²) in [5.74, 6) is -0.0840. The summed E-state index contributed by atoms with van der Waals surface area (Å²) in [7, 11) is 1.52. The number of nitrogens with one attached hydrogen (secondary N) is 1. The van der Waals surface area contributed by atoms with Gasteiger partial charge in [0, 0.05) is 19.8 Å². The van der Waals surface area contributed by atoms with Crippen molar-refractivity contribution >= 4 is 40.7 Å². The molecular formula is C13H16Cl3NO4. The molecule has 0 heterocycles. The van der Waals surface area contributed by atoms with E-state index >= 15 is 0 Å². The van der Waals surface area contributed by atoms with Crippen LogP contribution in [0.25, 0.3) is 0 Å². The highest BCUT2D eigenvalue weighted by molar-refractivity contribution is 6.43. The molecule has 0 saturated heterocycles. The molecule has 0 saturated carbocycles.